The van der Waals surface area contributed by atoms with Crippen LogP contribution in [0.15, 0.2) is 35.3 Å². The van der Waals surface area contributed by atoms with Gasteiger partial charge in [0.15, 0.2) is 5.96 Å². The van der Waals surface area contributed by atoms with E-state index in [0.717, 1.165) is 5.56 Å². The fraction of sp³-hybridized carbons (Fsp3) is 0.455. The molecule has 0 aliphatic rings. The van der Waals surface area contributed by atoms with Crippen molar-refractivity contribution in [2.75, 3.05) is 6.54 Å². The van der Waals surface area contributed by atoms with E-state index >= 15 is 0 Å². The summed E-state index contributed by atoms with van der Waals surface area (Å²) in [6, 6.07) is 4.08. The lowest BCUT2D eigenvalue weighted by Crippen LogP contribution is -2.56. The number of hydrogen-bond acceptors (Lipinski definition) is 7. The number of aliphatic imine (C=N–C) groups is 1. The quantitative estimate of drug-likeness (QED) is 0.0712. The van der Waals surface area contributed by atoms with Crippen LogP contribution < -0.4 is 33.2 Å². The molecule has 0 saturated carbocycles. The topological polar surface area (TPSA) is 252 Å². The van der Waals surface area contributed by atoms with Crippen LogP contribution in [0.1, 0.15) is 31.7 Å². The molecule has 4 atom stereocenters. The van der Waals surface area contributed by atoms with E-state index in [4.69, 9.17) is 27.4 Å². The molecule has 0 spiro atoms. The van der Waals surface area contributed by atoms with E-state index < -0.39 is 60.2 Å². The summed E-state index contributed by atoms with van der Waals surface area (Å²) < 4.78 is 0. The summed E-state index contributed by atoms with van der Waals surface area (Å²) in [7, 11) is 0. The maximum absolute atomic E-state index is 12.9. The van der Waals surface area contributed by atoms with Crippen LogP contribution in [0.5, 0.6) is 0 Å². The minimum atomic E-state index is -1.68. The average Bonchev–Trinajstić information content (AvgIpc) is 2.80. The molecule has 0 heterocycles. The summed E-state index contributed by atoms with van der Waals surface area (Å²) in [6.07, 6.45) is -0.194. The Morgan fingerprint density at radius 1 is 0.917 bits per heavy atom. The van der Waals surface area contributed by atoms with Gasteiger partial charge in [-0.3, -0.25) is 24.2 Å². The Morgan fingerprint density at radius 2 is 1.53 bits per heavy atom. The standard InChI is InChI=1S/C22H33N7O7/c1-12(18(32)29-16(21(35)36)11-17(30)31)27-20(34)15(8-5-9-26-22(24)25)28-19(33)14(23)10-13-6-3-2-4-7-13/h2-4,6-7,12,14-16H,5,8-11,23H2,1H3,(H,27,34)(H,28,33)(H,29,32)(H,30,31)(H,35,36)(H4,24,25,26). The minimum Gasteiger partial charge on any atom is -0.481 e. The normalized spacial score (nSPS) is 13.8. The van der Waals surface area contributed by atoms with Gasteiger partial charge in [0.1, 0.15) is 18.1 Å². The van der Waals surface area contributed by atoms with Crippen molar-refractivity contribution in [3.63, 3.8) is 0 Å². The Balaban J connectivity index is 2.84. The predicted molar refractivity (Wildman–Crippen MR) is 129 cm³/mol. The van der Waals surface area contributed by atoms with Gasteiger partial charge < -0.3 is 43.4 Å². The number of hydrogen-bond donors (Lipinski definition) is 8. The summed E-state index contributed by atoms with van der Waals surface area (Å²) in [5, 5.41) is 24.9. The number of nitrogens with zero attached hydrogens (tertiary/aromatic N) is 1. The third-order valence-corrected chi connectivity index (χ3v) is 4.96. The number of carbonyl (C=O) groups excluding carboxylic acids is 3. The molecule has 0 bridgehead atoms. The zero-order chi connectivity index (χ0) is 27.3. The van der Waals surface area contributed by atoms with Crippen LogP contribution >= 0.6 is 0 Å². The van der Waals surface area contributed by atoms with E-state index in [1.54, 1.807) is 12.1 Å². The lowest BCUT2D eigenvalue weighted by molar-refractivity contribution is -0.147. The Kier molecular flexibility index (Phi) is 12.4. The molecule has 0 aliphatic heterocycles. The molecule has 198 valence electrons. The number of nitrogens with one attached hydrogen (secondary N) is 3. The molecule has 11 N–H and O–H groups in total. The first-order valence-corrected chi connectivity index (χ1v) is 11.1. The van der Waals surface area contributed by atoms with Gasteiger partial charge in [0.05, 0.1) is 12.5 Å². The zero-order valence-corrected chi connectivity index (χ0v) is 19.8. The van der Waals surface area contributed by atoms with E-state index in [9.17, 15) is 24.0 Å². The van der Waals surface area contributed by atoms with Gasteiger partial charge in [-0.15, -0.1) is 0 Å². The Hall–Kier alpha value is -4.20. The highest BCUT2D eigenvalue weighted by Gasteiger charge is 2.29. The third-order valence-electron chi connectivity index (χ3n) is 4.96. The number of rotatable bonds is 15. The summed E-state index contributed by atoms with van der Waals surface area (Å²) in [6.45, 7) is 1.47. The molecule has 1 rings (SSSR count). The van der Waals surface area contributed by atoms with Crippen molar-refractivity contribution in [3.05, 3.63) is 35.9 Å². The van der Waals surface area contributed by atoms with Gasteiger partial charge in [0, 0.05) is 6.54 Å². The Morgan fingerprint density at radius 3 is 2.08 bits per heavy atom. The largest absolute Gasteiger partial charge is 0.481 e. The van der Waals surface area contributed by atoms with Crippen LogP contribution in [0.25, 0.3) is 0 Å². The first kappa shape index (κ1) is 29.8. The van der Waals surface area contributed by atoms with Crippen molar-refractivity contribution in [1.29, 1.82) is 0 Å². The van der Waals surface area contributed by atoms with Crippen molar-refractivity contribution >= 4 is 35.6 Å². The maximum Gasteiger partial charge on any atom is 0.326 e. The number of carboxylic acid groups (broad SMARTS) is 2. The van der Waals surface area contributed by atoms with Crippen LogP contribution in [-0.4, -0.2) is 76.5 Å². The second kappa shape index (κ2) is 14.9. The van der Waals surface area contributed by atoms with Crippen molar-refractivity contribution in [2.45, 2.75) is 56.8 Å². The number of amides is 3. The first-order valence-electron chi connectivity index (χ1n) is 11.1. The van der Waals surface area contributed by atoms with Crippen molar-refractivity contribution in [1.82, 2.24) is 16.0 Å². The van der Waals surface area contributed by atoms with Gasteiger partial charge in [-0.2, -0.15) is 0 Å². The van der Waals surface area contributed by atoms with Crippen LogP contribution in [0, 0.1) is 0 Å². The molecule has 0 aliphatic carbocycles. The molecule has 0 aromatic heterocycles. The van der Waals surface area contributed by atoms with Gasteiger partial charge in [0.25, 0.3) is 0 Å². The number of carbonyl (C=O) groups is 5. The Labute approximate surface area is 207 Å². The average molecular weight is 508 g/mol. The van der Waals surface area contributed by atoms with Gasteiger partial charge in [0.2, 0.25) is 17.7 Å². The minimum absolute atomic E-state index is 0.109. The van der Waals surface area contributed by atoms with Crippen LogP contribution in [0.4, 0.5) is 0 Å². The Bertz CT molecular complexity index is 951. The van der Waals surface area contributed by atoms with Crippen molar-refractivity contribution < 1.29 is 34.2 Å². The fourth-order valence-corrected chi connectivity index (χ4v) is 3.06. The molecule has 14 nitrogen and oxygen atoms in total. The van der Waals surface area contributed by atoms with Gasteiger partial charge >= 0.3 is 11.9 Å². The molecular formula is C22H33N7O7. The molecule has 1 aromatic carbocycles. The maximum atomic E-state index is 12.9. The molecule has 0 radical (unpaired) electrons. The monoisotopic (exact) mass is 507 g/mol. The van der Waals surface area contributed by atoms with E-state index in [1.807, 2.05) is 18.2 Å². The third kappa shape index (κ3) is 11.3. The van der Waals surface area contributed by atoms with E-state index in [1.165, 1.54) is 6.92 Å². The molecule has 3 amide bonds. The lowest BCUT2D eigenvalue weighted by atomic mass is 10.0. The highest BCUT2D eigenvalue weighted by molar-refractivity contribution is 5.94. The zero-order valence-electron chi connectivity index (χ0n) is 19.8. The fourth-order valence-electron chi connectivity index (χ4n) is 3.06. The summed E-state index contributed by atoms with van der Waals surface area (Å²) in [5.41, 5.74) is 17.4. The van der Waals surface area contributed by atoms with Gasteiger partial charge in [-0.25, -0.2) is 4.79 Å². The number of nitrogens with two attached hydrogens (primary N) is 3. The predicted octanol–water partition coefficient (Wildman–Crippen LogP) is -2.36. The van der Waals surface area contributed by atoms with Crippen molar-refractivity contribution in [2.24, 2.45) is 22.2 Å². The molecule has 1 aromatic rings. The lowest BCUT2D eigenvalue weighted by Gasteiger charge is -2.23. The molecular weight excluding hydrogens is 474 g/mol. The van der Waals surface area contributed by atoms with E-state index in [0.29, 0.717) is 6.42 Å². The smallest absolute Gasteiger partial charge is 0.326 e. The molecule has 0 saturated heterocycles. The molecule has 4 unspecified atom stereocenters. The highest BCUT2D eigenvalue weighted by Crippen LogP contribution is 2.05. The number of benzene rings is 1. The number of aliphatic carboxylic acids is 2. The second-order valence-electron chi connectivity index (χ2n) is 8.03. The van der Waals surface area contributed by atoms with E-state index in [-0.39, 0.29) is 25.3 Å². The summed E-state index contributed by atoms with van der Waals surface area (Å²) in [4.78, 5) is 63.7. The van der Waals surface area contributed by atoms with Crippen molar-refractivity contribution in [3.8, 4) is 0 Å². The molecule has 0 fully saturated rings. The van der Waals surface area contributed by atoms with Gasteiger partial charge in [-0.1, -0.05) is 30.3 Å². The van der Waals surface area contributed by atoms with Gasteiger partial charge in [-0.05, 0) is 31.7 Å². The molecule has 36 heavy (non-hydrogen) atoms. The number of carboxylic acids is 2. The second-order valence-corrected chi connectivity index (χ2v) is 8.03. The van der Waals surface area contributed by atoms with E-state index in [2.05, 4.69) is 20.9 Å². The SMILES string of the molecule is CC(NC(=O)C(CCCN=C(N)N)NC(=O)C(N)Cc1ccccc1)C(=O)NC(CC(=O)O)C(=O)O. The van der Waals surface area contributed by atoms with Crippen LogP contribution in [0.3, 0.4) is 0 Å². The molecule has 14 heteroatoms. The van der Waals surface area contributed by atoms with Crippen LogP contribution in [-0.2, 0) is 30.4 Å². The number of guanidine groups is 1. The summed E-state index contributed by atoms with van der Waals surface area (Å²) >= 11 is 0. The van der Waals surface area contributed by atoms with Crippen LogP contribution in [0.2, 0.25) is 0 Å². The summed E-state index contributed by atoms with van der Waals surface area (Å²) in [5.74, 6) is -5.33. The first-order chi connectivity index (χ1) is 16.9. The highest BCUT2D eigenvalue weighted by atomic mass is 16.4.